The monoisotopic (exact) mass is 252 g/mol. The van der Waals surface area contributed by atoms with Gasteiger partial charge in [0, 0.05) is 5.56 Å². The van der Waals surface area contributed by atoms with E-state index < -0.39 is 0 Å². The zero-order chi connectivity index (χ0) is 12.5. The van der Waals surface area contributed by atoms with Crippen molar-refractivity contribution in [2.45, 2.75) is 6.92 Å². The number of hydrogen-bond acceptors (Lipinski definition) is 2. The average molecular weight is 252 g/mol. The Balaban J connectivity index is 2.21. The van der Waals surface area contributed by atoms with E-state index in [-0.39, 0.29) is 5.78 Å². The van der Waals surface area contributed by atoms with E-state index in [1.54, 1.807) is 0 Å². The summed E-state index contributed by atoms with van der Waals surface area (Å²) in [4.78, 5) is 13.4. The first-order valence-corrected chi connectivity index (χ1v) is 6.72. The molecular weight excluding hydrogens is 240 g/mol. The van der Waals surface area contributed by atoms with Gasteiger partial charge < -0.3 is 0 Å². The predicted molar refractivity (Wildman–Crippen MR) is 76.4 cm³/mol. The largest absolute Gasteiger partial charge is 0.288 e. The molecular formula is C16H12OS. The van der Waals surface area contributed by atoms with Gasteiger partial charge >= 0.3 is 0 Å². The Kier molecular flexibility index (Phi) is 2.73. The number of ketones is 1. The summed E-state index contributed by atoms with van der Waals surface area (Å²) in [5.41, 5.74) is 1.84. The van der Waals surface area contributed by atoms with E-state index in [0.29, 0.717) is 0 Å². The summed E-state index contributed by atoms with van der Waals surface area (Å²) in [7, 11) is 0. The molecule has 0 N–H and O–H groups in total. The molecule has 0 unspecified atom stereocenters. The maximum absolute atomic E-state index is 12.6. The molecule has 1 aromatic heterocycles. The molecule has 0 amide bonds. The Morgan fingerprint density at radius 3 is 2.56 bits per heavy atom. The van der Waals surface area contributed by atoms with Crippen LogP contribution < -0.4 is 0 Å². The number of hydrogen-bond donors (Lipinski definition) is 0. The molecule has 0 aliphatic rings. The van der Waals surface area contributed by atoms with Crippen LogP contribution in [0.25, 0.3) is 10.8 Å². The van der Waals surface area contributed by atoms with Gasteiger partial charge in [0.15, 0.2) is 0 Å². The van der Waals surface area contributed by atoms with Crippen LogP contribution in [-0.4, -0.2) is 5.78 Å². The second-order valence-electron chi connectivity index (χ2n) is 4.29. The molecule has 2 heteroatoms. The lowest BCUT2D eigenvalue weighted by Gasteiger charge is -2.05. The minimum absolute atomic E-state index is 0.124. The quantitative estimate of drug-likeness (QED) is 0.616. The number of carbonyl (C=O) groups is 1. The summed E-state index contributed by atoms with van der Waals surface area (Å²) in [6, 6.07) is 15.9. The number of thiophene rings is 1. The maximum atomic E-state index is 12.6. The van der Waals surface area contributed by atoms with Gasteiger partial charge in [-0.15, -0.1) is 11.3 Å². The van der Waals surface area contributed by atoms with Gasteiger partial charge in [0.25, 0.3) is 0 Å². The fourth-order valence-electron chi connectivity index (χ4n) is 2.15. The molecule has 18 heavy (non-hydrogen) atoms. The third kappa shape index (κ3) is 1.75. The number of carbonyl (C=O) groups excluding carboxylic acids is 1. The summed E-state index contributed by atoms with van der Waals surface area (Å²) in [5.74, 6) is 0.124. The van der Waals surface area contributed by atoms with Crippen molar-refractivity contribution in [3.05, 3.63) is 69.9 Å². The van der Waals surface area contributed by atoms with Crippen molar-refractivity contribution in [1.82, 2.24) is 0 Å². The van der Waals surface area contributed by atoms with E-state index in [4.69, 9.17) is 0 Å². The highest BCUT2D eigenvalue weighted by Gasteiger charge is 2.15. The number of rotatable bonds is 2. The molecule has 0 radical (unpaired) electrons. The van der Waals surface area contributed by atoms with Gasteiger partial charge in [0.2, 0.25) is 5.78 Å². The smallest absolute Gasteiger partial charge is 0.203 e. The molecule has 2 aromatic carbocycles. The van der Waals surface area contributed by atoms with Gasteiger partial charge in [0.05, 0.1) is 4.88 Å². The Morgan fingerprint density at radius 2 is 1.78 bits per heavy atom. The van der Waals surface area contributed by atoms with Crippen LogP contribution in [0.1, 0.15) is 20.8 Å². The molecule has 3 rings (SSSR count). The van der Waals surface area contributed by atoms with Crippen molar-refractivity contribution in [1.29, 1.82) is 0 Å². The number of aryl methyl sites for hydroxylation is 1. The van der Waals surface area contributed by atoms with E-state index in [1.165, 1.54) is 11.3 Å². The van der Waals surface area contributed by atoms with E-state index in [9.17, 15) is 4.79 Å². The van der Waals surface area contributed by atoms with E-state index in [1.807, 2.05) is 60.8 Å². The van der Waals surface area contributed by atoms with Crippen LogP contribution in [0.5, 0.6) is 0 Å². The first-order valence-electron chi connectivity index (χ1n) is 5.84. The van der Waals surface area contributed by atoms with E-state index in [0.717, 1.165) is 26.8 Å². The van der Waals surface area contributed by atoms with Crippen molar-refractivity contribution in [3.63, 3.8) is 0 Å². The van der Waals surface area contributed by atoms with Gasteiger partial charge in [0.1, 0.15) is 0 Å². The molecule has 0 spiro atoms. The molecule has 0 aliphatic heterocycles. The zero-order valence-electron chi connectivity index (χ0n) is 10.0. The van der Waals surface area contributed by atoms with Gasteiger partial charge in [-0.3, -0.25) is 4.79 Å². The molecule has 0 aliphatic carbocycles. The van der Waals surface area contributed by atoms with Crippen LogP contribution in [0.15, 0.2) is 53.9 Å². The van der Waals surface area contributed by atoms with Gasteiger partial charge in [-0.25, -0.2) is 0 Å². The molecule has 1 nitrogen and oxygen atoms in total. The van der Waals surface area contributed by atoms with Crippen molar-refractivity contribution in [2.24, 2.45) is 0 Å². The van der Waals surface area contributed by atoms with Gasteiger partial charge in [-0.1, -0.05) is 42.5 Å². The van der Waals surface area contributed by atoms with Crippen molar-refractivity contribution >= 4 is 27.9 Å². The molecule has 0 atom stereocenters. The first-order chi connectivity index (χ1) is 8.77. The summed E-state index contributed by atoms with van der Waals surface area (Å²) in [6.45, 7) is 1.98. The fourth-order valence-corrected chi connectivity index (χ4v) is 3.03. The third-order valence-corrected chi connectivity index (χ3v) is 4.12. The highest BCUT2D eigenvalue weighted by molar-refractivity contribution is 7.12. The van der Waals surface area contributed by atoms with E-state index >= 15 is 0 Å². The first kappa shape index (κ1) is 11.2. The molecule has 0 bridgehead atoms. The highest BCUT2D eigenvalue weighted by Crippen LogP contribution is 2.25. The Bertz CT molecular complexity index is 719. The van der Waals surface area contributed by atoms with Gasteiger partial charge in [-0.05, 0) is 34.7 Å². The lowest BCUT2D eigenvalue weighted by Crippen LogP contribution is -2.01. The van der Waals surface area contributed by atoms with Crippen LogP contribution in [0, 0.1) is 6.92 Å². The predicted octanol–water partition coefficient (Wildman–Crippen LogP) is 4.44. The van der Waals surface area contributed by atoms with Crippen molar-refractivity contribution in [3.8, 4) is 0 Å². The normalized spacial score (nSPS) is 10.7. The maximum Gasteiger partial charge on any atom is 0.203 e. The fraction of sp³-hybridized carbons (Fsp3) is 0.0625. The zero-order valence-corrected chi connectivity index (χ0v) is 10.8. The van der Waals surface area contributed by atoms with Crippen LogP contribution in [-0.2, 0) is 0 Å². The minimum atomic E-state index is 0.124. The SMILES string of the molecule is Cc1ccsc1C(=O)c1cccc2ccccc12. The van der Waals surface area contributed by atoms with E-state index in [2.05, 4.69) is 0 Å². The molecule has 0 saturated carbocycles. The Labute approximate surface area is 110 Å². The molecule has 0 saturated heterocycles. The highest BCUT2D eigenvalue weighted by atomic mass is 32.1. The average Bonchev–Trinajstić information content (AvgIpc) is 2.83. The Hall–Kier alpha value is -1.93. The molecule has 1 heterocycles. The third-order valence-electron chi connectivity index (χ3n) is 3.10. The minimum Gasteiger partial charge on any atom is -0.288 e. The summed E-state index contributed by atoms with van der Waals surface area (Å²) >= 11 is 1.51. The van der Waals surface area contributed by atoms with Crippen LogP contribution in [0.2, 0.25) is 0 Å². The second-order valence-corrected chi connectivity index (χ2v) is 5.20. The molecule has 0 fully saturated rings. The van der Waals surface area contributed by atoms with Crippen LogP contribution in [0.3, 0.4) is 0 Å². The van der Waals surface area contributed by atoms with Gasteiger partial charge in [-0.2, -0.15) is 0 Å². The lowest BCUT2D eigenvalue weighted by molar-refractivity contribution is 0.104. The standard InChI is InChI=1S/C16H12OS/c1-11-9-10-18-16(11)15(17)14-8-4-6-12-5-2-3-7-13(12)14/h2-10H,1H3. The Morgan fingerprint density at radius 1 is 1.00 bits per heavy atom. The topological polar surface area (TPSA) is 17.1 Å². The molecule has 3 aromatic rings. The summed E-state index contributed by atoms with van der Waals surface area (Å²) in [6.07, 6.45) is 0. The second kappa shape index (κ2) is 4.39. The summed E-state index contributed by atoms with van der Waals surface area (Å²) in [5, 5.41) is 4.10. The van der Waals surface area contributed by atoms with Crippen molar-refractivity contribution < 1.29 is 4.79 Å². The number of benzene rings is 2. The van der Waals surface area contributed by atoms with Crippen molar-refractivity contribution in [2.75, 3.05) is 0 Å². The van der Waals surface area contributed by atoms with Crippen LogP contribution in [0.4, 0.5) is 0 Å². The van der Waals surface area contributed by atoms with Crippen LogP contribution >= 0.6 is 11.3 Å². The number of fused-ring (bicyclic) bond motifs is 1. The summed E-state index contributed by atoms with van der Waals surface area (Å²) < 4.78 is 0. The molecule has 88 valence electrons. The lowest BCUT2D eigenvalue weighted by atomic mass is 10.00.